The molecule has 1 aromatic heterocycles. The number of hydrogen-bond acceptors (Lipinski definition) is 6. The van der Waals surface area contributed by atoms with Gasteiger partial charge in [0.2, 0.25) is 5.91 Å². The first-order valence-electron chi connectivity index (χ1n) is 10.6. The lowest BCUT2D eigenvalue weighted by atomic mass is 10.2. The predicted octanol–water partition coefficient (Wildman–Crippen LogP) is 2.84. The number of carbonyl (C=O) groups is 2. The SMILES string of the molecule is CC(C)NC(=O)NC(=O)CSc1nc2ccccc2c(=O)n1CCN(C(C)C)C(C)C. The van der Waals surface area contributed by atoms with Crippen LogP contribution in [0.2, 0.25) is 0 Å². The Morgan fingerprint density at radius 3 is 2.35 bits per heavy atom. The molecule has 1 heterocycles. The molecule has 0 unspecified atom stereocenters. The number of imide groups is 1. The van der Waals surface area contributed by atoms with Gasteiger partial charge in [0.15, 0.2) is 5.16 Å². The molecule has 0 saturated carbocycles. The van der Waals surface area contributed by atoms with Gasteiger partial charge in [-0.1, -0.05) is 23.9 Å². The molecule has 0 aliphatic heterocycles. The van der Waals surface area contributed by atoms with E-state index >= 15 is 0 Å². The van der Waals surface area contributed by atoms with Crippen molar-refractivity contribution >= 4 is 34.6 Å². The molecule has 2 rings (SSSR count). The molecule has 0 atom stereocenters. The van der Waals surface area contributed by atoms with Crippen LogP contribution in [0.4, 0.5) is 4.79 Å². The minimum atomic E-state index is -0.533. The van der Waals surface area contributed by atoms with Crippen LogP contribution in [0.1, 0.15) is 41.5 Å². The second-order valence-corrected chi connectivity index (χ2v) is 9.20. The van der Waals surface area contributed by atoms with Crippen molar-refractivity contribution in [2.24, 2.45) is 0 Å². The average molecular weight is 448 g/mol. The van der Waals surface area contributed by atoms with Crippen LogP contribution in [0.15, 0.2) is 34.2 Å². The molecule has 8 nitrogen and oxygen atoms in total. The second-order valence-electron chi connectivity index (χ2n) is 8.26. The van der Waals surface area contributed by atoms with E-state index in [2.05, 4.69) is 48.2 Å². The molecular formula is C22H33N5O3S. The van der Waals surface area contributed by atoms with E-state index in [0.29, 0.717) is 41.2 Å². The lowest BCUT2D eigenvalue weighted by molar-refractivity contribution is -0.117. The Labute approximate surface area is 187 Å². The number of nitrogens with one attached hydrogen (secondary N) is 2. The van der Waals surface area contributed by atoms with Gasteiger partial charge < -0.3 is 5.32 Å². The van der Waals surface area contributed by atoms with Gasteiger partial charge in [-0.25, -0.2) is 9.78 Å². The number of benzene rings is 1. The predicted molar refractivity (Wildman–Crippen MR) is 126 cm³/mol. The Morgan fingerprint density at radius 2 is 1.74 bits per heavy atom. The van der Waals surface area contributed by atoms with Gasteiger partial charge in [0.1, 0.15) is 0 Å². The summed E-state index contributed by atoms with van der Waals surface area (Å²) >= 11 is 1.15. The highest BCUT2D eigenvalue weighted by atomic mass is 32.2. The molecule has 3 amide bonds. The van der Waals surface area contributed by atoms with Gasteiger partial charge in [-0.05, 0) is 53.7 Å². The topological polar surface area (TPSA) is 96.3 Å². The highest BCUT2D eigenvalue weighted by molar-refractivity contribution is 7.99. The molecule has 31 heavy (non-hydrogen) atoms. The summed E-state index contributed by atoms with van der Waals surface area (Å²) < 4.78 is 1.63. The fourth-order valence-corrected chi connectivity index (χ4v) is 4.20. The number of hydrogen-bond donors (Lipinski definition) is 2. The highest BCUT2D eigenvalue weighted by Gasteiger charge is 2.18. The van der Waals surface area contributed by atoms with E-state index < -0.39 is 11.9 Å². The third-order valence-electron chi connectivity index (χ3n) is 4.74. The summed E-state index contributed by atoms with van der Waals surface area (Å²) in [7, 11) is 0. The molecule has 1 aromatic carbocycles. The van der Waals surface area contributed by atoms with Crippen LogP contribution in [-0.2, 0) is 11.3 Å². The number of thioether (sulfide) groups is 1. The monoisotopic (exact) mass is 447 g/mol. The van der Waals surface area contributed by atoms with E-state index in [1.807, 2.05) is 26.0 Å². The van der Waals surface area contributed by atoms with Gasteiger partial charge in [-0.3, -0.25) is 24.4 Å². The Balaban J connectivity index is 2.25. The largest absolute Gasteiger partial charge is 0.336 e. The number of fused-ring (bicyclic) bond motifs is 1. The van der Waals surface area contributed by atoms with E-state index in [0.717, 1.165) is 11.8 Å². The number of rotatable bonds is 9. The van der Waals surface area contributed by atoms with Gasteiger partial charge in [0.05, 0.1) is 16.7 Å². The Morgan fingerprint density at radius 1 is 1.10 bits per heavy atom. The first-order valence-corrected chi connectivity index (χ1v) is 11.6. The molecule has 9 heteroatoms. The van der Waals surface area contributed by atoms with Crippen LogP contribution >= 0.6 is 11.8 Å². The molecule has 170 valence electrons. The Hall–Kier alpha value is -2.39. The highest BCUT2D eigenvalue weighted by Crippen LogP contribution is 2.18. The molecule has 0 bridgehead atoms. The van der Waals surface area contributed by atoms with Crippen molar-refractivity contribution in [2.45, 2.75) is 71.4 Å². The van der Waals surface area contributed by atoms with Crippen LogP contribution in [0.3, 0.4) is 0 Å². The van der Waals surface area contributed by atoms with Gasteiger partial charge >= 0.3 is 6.03 Å². The molecule has 0 aliphatic carbocycles. The maximum absolute atomic E-state index is 13.2. The summed E-state index contributed by atoms with van der Waals surface area (Å²) in [5.74, 6) is -0.461. The van der Waals surface area contributed by atoms with Crippen LogP contribution < -0.4 is 16.2 Å². The molecule has 2 N–H and O–H groups in total. The zero-order chi connectivity index (χ0) is 23.1. The second kappa shape index (κ2) is 11.3. The number of carbonyl (C=O) groups excluding carboxylic acids is 2. The van der Waals surface area contributed by atoms with Crippen LogP contribution in [0.5, 0.6) is 0 Å². The number of para-hydroxylation sites is 1. The maximum atomic E-state index is 13.2. The van der Waals surface area contributed by atoms with E-state index in [-0.39, 0.29) is 17.4 Å². The van der Waals surface area contributed by atoms with Crippen LogP contribution in [0, 0.1) is 0 Å². The van der Waals surface area contributed by atoms with E-state index in [4.69, 9.17) is 0 Å². The minimum absolute atomic E-state index is 0.0195. The van der Waals surface area contributed by atoms with E-state index in [1.165, 1.54) is 0 Å². The zero-order valence-corrected chi connectivity index (χ0v) is 20.0. The summed E-state index contributed by atoms with van der Waals surface area (Å²) in [5, 5.41) is 5.93. The van der Waals surface area contributed by atoms with Gasteiger partial charge in [-0.2, -0.15) is 0 Å². The summed E-state index contributed by atoms with van der Waals surface area (Å²) in [5.41, 5.74) is 0.465. The number of aromatic nitrogens is 2. The first kappa shape index (κ1) is 24.9. The molecule has 0 aliphatic rings. The summed E-state index contributed by atoms with van der Waals surface area (Å²) in [6.07, 6.45) is 0. The van der Waals surface area contributed by atoms with Crippen molar-refractivity contribution in [1.82, 2.24) is 25.1 Å². The summed E-state index contributed by atoms with van der Waals surface area (Å²) in [6.45, 7) is 13.3. The average Bonchev–Trinajstić information content (AvgIpc) is 2.67. The van der Waals surface area contributed by atoms with Gasteiger partial charge in [0, 0.05) is 31.2 Å². The number of amides is 3. The van der Waals surface area contributed by atoms with Crippen LogP contribution in [0.25, 0.3) is 10.9 Å². The third kappa shape index (κ3) is 7.07. The molecule has 2 aromatic rings. The standard InChI is InChI=1S/C22H33N5O3S/c1-14(2)23-21(30)25-19(28)13-31-22-24-18-10-8-7-9-17(18)20(29)27(22)12-11-26(15(3)4)16(5)6/h7-10,14-16H,11-13H2,1-6H3,(H2,23,25,28,30). The van der Waals surface area contributed by atoms with E-state index in [1.54, 1.807) is 16.7 Å². The third-order valence-corrected chi connectivity index (χ3v) is 5.72. The van der Waals surface area contributed by atoms with Gasteiger partial charge in [0.25, 0.3) is 5.56 Å². The number of nitrogens with zero attached hydrogens (tertiary/aromatic N) is 3. The summed E-state index contributed by atoms with van der Waals surface area (Å²) in [6, 6.07) is 7.27. The quantitative estimate of drug-likeness (QED) is 0.453. The molecule has 0 radical (unpaired) electrons. The summed E-state index contributed by atoms with van der Waals surface area (Å²) in [4.78, 5) is 44.1. The van der Waals surface area contributed by atoms with E-state index in [9.17, 15) is 14.4 Å². The zero-order valence-electron chi connectivity index (χ0n) is 19.1. The van der Waals surface area contributed by atoms with Gasteiger partial charge in [-0.15, -0.1) is 0 Å². The van der Waals surface area contributed by atoms with Crippen molar-refractivity contribution in [3.05, 3.63) is 34.6 Å². The van der Waals surface area contributed by atoms with Crippen molar-refractivity contribution in [2.75, 3.05) is 12.3 Å². The maximum Gasteiger partial charge on any atom is 0.321 e. The van der Waals surface area contributed by atoms with Crippen molar-refractivity contribution < 1.29 is 9.59 Å². The molecule has 0 spiro atoms. The smallest absolute Gasteiger partial charge is 0.321 e. The molecular weight excluding hydrogens is 414 g/mol. The molecule has 0 saturated heterocycles. The van der Waals surface area contributed by atoms with Crippen molar-refractivity contribution in [3.8, 4) is 0 Å². The molecule has 0 fully saturated rings. The minimum Gasteiger partial charge on any atom is -0.336 e. The van der Waals surface area contributed by atoms with Crippen LogP contribution in [-0.4, -0.2) is 56.8 Å². The normalized spacial score (nSPS) is 11.7. The fraction of sp³-hybridized carbons (Fsp3) is 0.545. The Bertz CT molecular complexity index is 963. The fourth-order valence-electron chi connectivity index (χ4n) is 3.37. The Kier molecular flexibility index (Phi) is 9.06. The van der Waals surface area contributed by atoms with Crippen molar-refractivity contribution in [1.29, 1.82) is 0 Å². The number of urea groups is 1. The lowest BCUT2D eigenvalue weighted by Crippen LogP contribution is -2.43. The lowest BCUT2D eigenvalue weighted by Gasteiger charge is -2.30. The first-order chi connectivity index (χ1) is 14.6. The van der Waals surface area contributed by atoms with Crippen molar-refractivity contribution in [3.63, 3.8) is 0 Å².